The van der Waals surface area contributed by atoms with E-state index in [0.29, 0.717) is 17.1 Å². The van der Waals surface area contributed by atoms with Crippen molar-refractivity contribution in [2.75, 3.05) is 14.2 Å². The SMILES string of the molecule is COc1ccc(C(=O)Cl)cc1.COc1ccc(C(=O)O)cc1. The van der Waals surface area contributed by atoms with Crippen molar-refractivity contribution in [3.63, 3.8) is 0 Å². The summed E-state index contributed by atoms with van der Waals surface area (Å²) in [6.07, 6.45) is 0. The van der Waals surface area contributed by atoms with Crippen molar-refractivity contribution in [1.82, 2.24) is 0 Å². The van der Waals surface area contributed by atoms with E-state index in [1.54, 1.807) is 43.5 Å². The predicted octanol–water partition coefficient (Wildman–Crippen LogP) is 3.47. The Morgan fingerprint density at radius 1 is 0.818 bits per heavy atom. The molecule has 1 N–H and O–H groups in total. The molecule has 0 fully saturated rings. The maximum Gasteiger partial charge on any atom is 0.335 e. The minimum Gasteiger partial charge on any atom is -0.497 e. The van der Waals surface area contributed by atoms with E-state index in [4.69, 9.17) is 26.2 Å². The minimum absolute atomic E-state index is 0.269. The van der Waals surface area contributed by atoms with E-state index in [-0.39, 0.29) is 5.56 Å². The van der Waals surface area contributed by atoms with Crippen LogP contribution in [0.1, 0.15) is 20.7 Å². The van der Waals surface area contributed by atoms with Gasteiger partial charge in [-0.15, -0.1) is 0 Å². The van der Waals surface area contributed by atoms with Crippen LogP contribution in [0, 0.1) is 0 Å². The molecular formula is C16H15ClO5. The molecule has 22 heavy (non-hydrogen) atoms. The Balaban J connectivity index is 0.000000220. The Kier molecular flexibility index (Phi) is 6.92. The highest BCUT2D eigenvalue weighted by Gasteiger charge is 2.00. The second-order valence-corrected chi connectivity index (χ2v) is 4.38. The van der Waals surface area contributed by atoms with Gasteiger partial charge in [0.2, 0.25) is 0 Å². The highest BCUT2D eigenvalue weighted by atomic mass is 35.5. The summed E-state index contributed by atoms with van der Waals surface area (Å²) in [6.45, 7) is 0. The van der Waals surface area contributed by atoms with Crippen molar-refractivity contribution in [3.8, 4) is 11.5 Å². The fourth-order valence-corrected chi connectivity index (χ4v) is 1.58. The van der Waals surface area contributed by atoms with E-state index in [2.05, 4.69) is 0 Å². The van der Waals surface area contributed by atoms with E-state index in [1.165, 1.54) is 19.2 Å². The standard InChI is InChI=1S/C8H7ClO2.C8H8O3/c2*1-11-7-4-2-6(3-5-7)8(9)10/h2-5H,1H3;2-5H,1H3,(H,9,10). The fraction of sp³-hybridized carbons (Fsp3) is 0.125. The molecule has 0 saturated carbocycles. The number of halogens is 1. The molecule has 5 nitrogen and oxygen atoms in total. The Labute approximate surface area is 133 Å². The molecule has 0 spiro atoms. The highest BCUT2D eigenvalue weighted by molar-refractivity contribution is 6.67. The fourth-order valence-electron chi connectivity index (χ4n) is 1.46. The molecule has 0 aliphatic carbocycles. The molecule has 2 rings (SSSR count). The quantitative estimate of drug-likeness (QED) is 0.873. The molecule has 116 valence electrons. The van der Waals surface area contributed by atoms with Crippen molar-refractivity contribution < 1.29 is 24.2 Å². The van der Waals surface area contributed by atoms with Crippen molar-refractivity contribution >= 4 is 22.8 Å². The van der Waals surface area contributed by atoms with Crippen molar-refractivity contribution in [1.29, 1.82) is 0 Å². The molecule has 0 atom stereocenters. The number of carbonyl (C=O) groups excluding carboxylic acids is 1. The Morgan fingerprint density at radius 3 is 1.45 bits per heavy atom. The average molecular weight is 323 g/mol. The van der Waals surface area contributed by atoms with Crippen molar-refractivity contribution in [2.24, 2.45) is 0 Å². The van der Waals surface area contributed by atoms with Crippen LogP contribution in [-0.2, 0) is 0 Å². The van der Waals surface area contributed by atoms with Gasteiger partial charge < -0.3 is 14.6 Å². The van der Waals surface area contributed by atoms with Gasteiger partial charge in [0.15, 0.2) is 0 Å². The first kappa shape index (κ1) is 17.5. The zero-order valence-electron chi connectivity index (χ0n) is 12.1. The molecule has 0 unspecified atom stereocenters. The van der Waals surface area contributed by atoms with Crippen LogP contribution in [0.5, 0.6) is 11.5 Å². The van der Waals surface area contributed by atoms with Gasteiger partial charge in [0.25, 0.3) is 5.24 Å². The van der Waals surface area contributed by atoms with Gasteiger partial charge in [0.1, 0.15) is 11.5 Å². The van der Waals surface area contributed by atoms with Crippen LogP contribution in [0.15, 0.2) is 48.5 Å². The summed E-state index contributed by atoms with van der Waals surface area (Å²) in [5, 5.41) is 8.06. The van der Waals surface area contributed by atoms with Crippen LogP contribution in [0.2, 0.25) is 0 Å². The van der Waals surface area contributed by atoms with Gasteiger partial charge in [-0.1, -0.05) is 0 Å². The van der Waals surface area contributed by atoms with Crippen LogP contribution < -0.4 is 9.47 Å². The van der Waals surface area contributed by atoms with Crippen molar-refractivity contribution in [3.05, 3.63) is 59.7 Å². The van der Waals surface area contributed by atoms with E-state index in [1.807, 2.05) is 0 Å². The van der Waals surface area contributed by atoms with Crippen LogP contribution >= 0.6 is 11.6 Å². The first-order valence-electron chi connectivity index (χ1n) is 6.19. The summed E-state index contributed by atoms with van der Waals surface area (Å²) in [5.41, 5.74) is 0.748. The number of aromatic carboxylic acids is 1. The van der Waals surface area contributed by atoms with Gasteiger partial charge in [-0.25, -0.2) is 4.79 Å². The van der Waals surface area contributed by atoms with E-state index < -0.39 is 11.2 Å². The lowest BCUT2D eigenvalue weighted by Gasteiger charge is -1.98. The molecule has 0 bridgehead atoms. The largest absolute Gasteiger partial charge is 0.497 e. The van der Waals surface area contributed by atoms with Gasteiger partial charge in [0.05, 0.1) is 19.8 Å². The van der Waals surface area contributed by atoms with Gasteiger partial charge in [-0.2, -0.15) is 0 Å². The molecule has 6 heteroatoms. The molecule has 0 aromatic heterocycles. The van der Waals surface area contributed by atoms with Crippen LogP contribution in [0.3, 0.4) is 0 Å². The number of rotatable bonds is 4. The predicted molar refractivity (Wildman–Crippen MR) is 83.1 cm³/mol. The second kappa shape index (κ2) is 8.69. The third-order valence-corrected chi connectivity index (χ3v) is 2.87. The average Bonchev–Trinajstić information content (AvgIpc) is 2.55. The number of methoxy groups -OCH3 is 2. The Morgan fingerprint density at radius 2 is 1.18 bits per heavy atom. The minimum atomic E-state index is -0.923. The monoisotopic (exact) mass is 322 g/mol. The van der Waals surface area contributed by atoms with Gasteiger partial charge in [-0.05, 0) is 60.1 Å². The number of ether oxygens (including phenoxy) is 2. The maximum absolute atomic E-state index is 10.6. The summed E-state index contributed by atoms with van der Waals surface area (Å²) >= 11 is 5.22. The van der Waals surface area contributed by atoms with Crippen molar-refractivity contribution in [2.45, 2.75) is 0 Å². The van der Waals surface area contributed by atoms with Crippen LogP contribution in [0.25, 0.3) is 0 Å². The maximum atomic E-state index is 10.6. The summed E-state index contributed by atoms with van der Waals surface area (Å²) in [4.78, 5) is 20.9. The topological polar surface area (TPSA) is 72.8 Å². The molecule has 0 aliphatic heterocycles. The molecule has 2 aromatic rings. The zero-order chi connectivity index (χ0) is 16.5. The lowest BCUT2D eigenvalue weighted by atomic mass is 10.2. The third-order valence-electron chi connectivity index (χ3n) is 2.65. The zero-order valence-corrected chi connectivity index (χ0v) is 12.8. The van der Waals surface area contributed by atoms with Gasteiger partial charge >= 0.3 is 5.97 Å². The number of hydrogen-bond acceptors (Lipinski definition) is 4. The summed E-state index contributed by atoms with van der Waals surface area (Å²) < 4.78 is 9.75. The second-order valence-electron chi connectivity index (χ2n) is 4.04. The van der Waals surface area contributed by atoms with E-state index >= 15 is 0 Å². The number of hydrogen-bond donors (Lipinski definition) is 1. The van der Waals surface area contributed by atoms with E-state index in [9.17, 15) is 9.59 Å². The molecule has 0 saturated heterocycles. The third kappa shape index (κ3) is 5.46. The first-order valence-corrected chi connectivity index (χ1v) is 6.57. The van der Waals surface area contributed by atoms with Crippen LogP contribution in [0.4, 0.5) is 0 Å². The summed E-state index contributed by atoms with van der Waals surface area (Å²) in [5.74, 6) is 0.453. The lowest BCUT2D eigenvalue weighted by Crippen LogP contribution is -1.95. The smallest absolute Gasteiger partial charge is 0.335 e. The molecule has 0 heterocycles. The molecule has 0 radical (unpaired) electrons. The molecular weight excluding hydrogens is 308 g/mol. The summed E-state index contributed by atoms with van der Waals surface area (Å²) in [6, 6.07) is 12.8. The normalized spacial score (nSPS) is 9.23. The lowest BCUT2D eigenvalue weighted by molar-refractivity contribution is 0.0696. The molecule has 0 amide bonds. The highest BCUT2D eigenvalue weighted by Crippen LogP contribution is 2.12. The number of benzene rings is 2. The van der Waals surface area contributed by atoms with Gasteiger partial charge in [0, 0.05) is 5.56 Å². The first-order chi connectivity index (χ1) is 10.5. The number of carboxylic acids is 1. The molecule has 0 aliphatic rings. The molecule has 2 aromatic carbocycles. The van der Waals surface area contributed by atoms with Crippen LogP contribution in [-0.4, -0.2) is 30.5 Å². The Bertz CT molecular complexity index is 562. The number of carboxylic acid groups (broad SMARTS) is 1. The van der Waals surface area contributed by atoms with E-state index in [0.717, 1.165) is 0 Å². The number of carbonyl (C=O) groups is 2. The summed E-state index contributed by atoms with van der Waals surface area (Å²) in [7, 11) is 3.10. The Hall–Kier alpha value is -2.53. The van der Waals surface area contributed by atoms with Gasteiger partial charge in [-0.3, -0.25) is 4.79 Å².